The Morgan fingerprint density at radius 2 is 1.44 bits per heavy atom. The number of carbonyl (C=O) groups excluding carboxylic acids is 2. The van der Waals surface area contributed by atoms with Crippen LogP contribution in [0, 0.1) is 12.0 Å². The molecule has 0 saturated heterocycles. The zero-order valence-corrected chi connectivity index (χ0v) is 15.5. The number of carbonyl (C=O) groups is 2. The molecule has 0 aliphatic heterocycles. The first-order valence-corrected chi connectivity index (χ1v) is 9.61. The fourth-order valence-electron chi connectivity index (χ4n) is 3.50. The Bertz CT molecular complexity index is 410. The van der Waals surface area contributed by atoms with Crippen LogP contribution in [-0.2, 0) is 18.9 Å². The predicted octanol–water partition coefficient (Wildman–Crippen LogP) is 5.15. The smallest absolute Gasteiger partial charge is 0.431 e. The molecule has 6 nitrogen and oxygen atoms in total. The molecule has 2 aliphatic carbocycles. The second-order valence-corrected chi connectivity index (χ2v) is 7.14. The zero-order valence-electron chi connectivity index (χ0n) is 15.5. The van der Waals surface area contributed by atoms with Gasteiger partial charge in [-0.25, -0.2) is 9.59 Å². The van der Waals surface area contributed by atoms with Crippen molar-refractivity contribution in [3.05, 3.63) is 6.10 Å². The van der Waals surface area contributed by atoms with Crippen LogP contribution in [0.1, 0.15) is 78.1 Å². The van der Waals surface area contributed by atoms with Crippen LogP contribution in [0.3, 0.4) is 0 Å². The Hall–Kier alpha value is -1.46. The summed E-state index contributed by atoms with van der Waals surface area (Å²) in [5, 5.41) is 0. The summed E-state index contributed by atoms with van der Waals surface area (Å²) in [4.78, 5) is 23.4. The van der Waals surface area contributed by atoms with Gasteiger partial charge in [-0.15, -0.1) is 0 Å². The van der Waals surface area contributed by atoms with E-state index in [0.717, 1.165) is 57.3 Å². The second-order valence-electron chi connectivity index (χ2n) is 7.14. The molecule has 0 unspecified atom stereocenters. The lowest BCUT2D eigenvalue weighted by atomic mass is 9.86. The van der Waals surface area contributed by atoms with E-state index in [1.165, 1.54) is 12.8 Å². The van der Waals surface area contributed by atoms with Crippen LogP contribution < -0.4 is 0 Å². The lowest BCUT2D eigenvalue weighted by Crippen LogP contribution is -2.26. The molecule has 0 spiro atoms. The van der Waals surface area contributed by atoms with Gasteiger partial charge in [0.15, 0.2) is 6.10 Å². The Morgan fingerprint density at radius 1 is 0.840 bits per heavy atom. The standard InChI is InChI=1S/C19H31O6/c1-3-15-9-11-17(12-10-15)25-19(21)23-14(2)13-22-18(20)24-16-7-5-4-6-8-16/h15-17H,3-13H2,1-2H3. The van der Waals surface area contributed by atoms with E-state index in [-0.39, 0.29) is 24.9 Å². The molecule has 143 valence electrons. The van der Waals surface area contributed by atoms with Crippen LogP contribution >= 0.6 is 0 Å². The minimum atomic E-state index is -0.721. The summed E-state index contributed by atoms with van der Waals surface area (Å²) in [6, 6.07) is 0. The summed E-state index contributed by atoms with van der Waals surface area (Å²) >= 11 is 0. The number of hydrogen-bond donors (Lipinski definition) is 0. The molecular weight excluding hydrogens is 324 g/mol. The van der Waals surface area contributed by atoms with Gasteiger partial charge in [0.2, 0.25) is 0 Å². The van der Waals surface area contributed by atoms with Crippen LogP contribution in [0.2, 0.25) is 0 Å². The molecule has 0 bridgehead atoms. The third-order valence-electron chi connectivity index (χ3n) is 5.10. The molecule has 2 aliphatic rings. The van der Waals surface area contributed by atoms with E-state index in [4.69, 9.17) is 18.9 Å². The van der Waals surface area contributed by atoms with Gasteiger partial charge in [-0.05, 0) is 64.2 Å². The summed E-state index contributed by atoms with van der Waals surface area (Å²) in [6.07, 6.45) is 9.00. The molecule has 0 heterocycles. The van der Waals surface area contributed by atoms with E-state index < -0.39 is 12.3 Å². The van der Waals surface area contributed by atoms with Gasteiger partial charge in [-0.2, -0.15) is 0 Å². The van der Waals surface area contributed by atoms with Gasteiger partial charge in [-0.1, -0.05) is 19.8 Å². The van der Waals surface area contributed by atoms with Crippen molar-refractivity contribution in [2.24, 2.45) is 5.92 Å². The van der Waals surface area contributed by atoms with Crippen molar-refractivity contribution in [2.45, 2.75) is 90.3 Å². The van der Waals surface area contributed by atoms with Crippen LogP contribution in [0.4, 0.5) is 9.59 Å². The third-order valence-corrected chi connectivity index (χ3v) is 5.10. The number of ether oxygens (including phenoxy) is 4. The highest BCUT2D eigenvalue weighted by Gasteiger charge is 2.25. The van der Waals surface area contributed by atoms with Crippen molar-refractivity contribution in [1.82, 2.24) is 0 Å². The maximum Gasteiger partial charge on any atom is 0.509 e. The van der Waals surface area contributed by atoms with Crippen molar-refractivity contribution >= 4 is 12.3 Å². The van der Waals surface area contributed by atoms with E-state index >= 15 is 0 Å². The Balaban J connectivity index is 1.57. The molecule has 0 atom stereocenters. The molecule has 2 fully saturated rings. The second kappa shape index (κ2) is 10.5. The maximum absolute atomic E-state index is 11.8. The molecular formula is C19H31O6. The molecule has 0 amide bonds. The summed E-state index contributed by atoms with van der Waals surface area (Å²) in [5.41, 5.74) is 0. The van der Waals surface area contributed by atoms with Crippen LogP contribution in [0.25, 0.3) is 0 Å². The molecule has 0 aromatic heterocycles. The lowest BCUT2D eigenvalue weighted by molar-refractivity contribution is -0.0147. The quantitative estimate of drug-likeness (QED) is 0.614. The minimum absolute atomic E-state index is 0.0503. The fourth-order valence-corrected chi connectivity index (χ4v) is 3.50. The number of rotatable bonds is 6. The first-order valence-electron chi connectivity index (χ1n) is 9.61. The van der Waals surface area contributed by atoms with Crippen molar-refractivity contribution < 1.29 is 28.5 Å². The van der Waals surface area contributed by atoms with Gasteiger partial charge in [0, 0.05) is 0 Å². The number of hydrogen-bond acceptors (Lipinski definition) is 6. The van der Waals surface area contributed by atoms with Crippen LogP contribution in [0.5, 0.6) is 0 Å². The Kier molecular flexibility index (Phi) is 8.35. The van der Waals surface area contributed by atoms with E-state index in [2.05, 4.69) is 6.92 Å². The van der Waals surface area contributed by atoms with Gasteiger partial charge in [0.1, 0.15) is 18.8 Å². The highest BCUT2D eigenvalue weighted by molar-refractivity contribution is 5.62. The molecule has 0 aromatic rings. The summed E-state index contributed by atoms with van der Waals surface area (Å²) in [5.74, 6) is 0.743. The lowest BCUT2D eigenvalue weighted by Gasteiger charge is -2.27. The van der Waals surface area contributed by atoms with Crippen LogP contribution in [-0.4, -0.2) is 31.1 Å². The molecule has 25 heavy (non-hydrogen) atoms. The van der Waals surface area contributed by atoms with E-state index in [9.17, 15) is 9.59 Å². The average Bonchev–Trinajstić information content (AvgIpc) is 2.61. The predicted molar refractivity (Wildman–Crippen MR) is 91.8 cm³/mol. The van der Waals surface area contributed by atoms with Gasteiger partial charge in [0.05, 0.1) is 0 Å². The summed E-state index contributed by atoms with van der Waals surface area (Å²) < 4.78 is 20.6. The van der Waals surface area contributed by atoms with E-state index in [1.807, 2.05) is 0 Å². The van der Waals surface area contributed by atoms with Crippen molar-refractivity contribution in [3.8, 4) is 0 Å². The van der Waals surface area contributed by atoms with E-state index in [0.29, 0.717) is 0 Å². The minimum Gasteiger partial charge on any atom is -0.431 e. The summed E-state index contributed by atoms with van der Waals surface area (Å²) in [7, 11) is 0. The first kappa shape index (κ1) is 19.9. The fraction of sp³-hybridized carbons (Fsp3) is 0.842. The highest BCUT2D eigenvalue weighted by Crippen LogP contribution is 2.28. The largest absolute Gasteiger partial charge is 0.509 e. The topological polar surface area (TPSA) is 71.1 Å². The molecule has 2 saturated carbocycles. The van der Waals surface area contributed by atoms with E-state index in [1.54, 1.807) is 6.92 Å². The maximum atomic E-state index is 11.8. The molecule has 0 aromatic carbocycles. The van der Waals surface area contributed by atoms with Crippen molar-refractivity contribution in [3.63, 3.8) is 0 Å². The van der Waals surface area contributed by atoms with Crippen LogP contribution in [0.15, 0.2) is 0 Å². The SMILES string of the molecule is CCC1CCC(OC(=O)O[C](C)COC(=O)OC2CCCCC2)CC1. The van der Waals surface area contributed by atoms with Gasteiger partial charge < -0.3 is 18.9 Å². The highest BCUT2D eigenvalue weighted by atomic mass is 16.8. The Morgan fingerprint density at radius 3 is 2.08 bits per heavy atom. The van der Waals surface area contributed by atoms with Crippen molar-refractivity contribution in [1.29, 1.82) is 0 Å². The van der Waals surface area contributed by atoms with Gasteiger partial charge in [0.25, 0.3) is 0 Å². The summed E-state index contributed by atoms with van der Waals surface area (Å²) in [6.45, 7) is 3.67. The van der Waals surface area contributed by atoms with Gasteiger partial charge >= 0.3 is 12.3 Å². The zero-order chi connectivity index (χ0) is 18.1. The third kappa shape index (κ3) is 7.53. The molecule has 2 rings (SSSR count). The molecule has 6 heteroatoms. The molecule has 0 N–H and O–H groups in total. The molecule has 1 radical (unpaired) electrons. The Labute approximate surface area is 150 Å². The van der Waals surface area contributed by atoms with Crippen molar-refractivity contribution in [2.75, 3.05) is 6.61 Å². The monoisotopic (exact) mass is 355 g/mol. The first-order chi connectivity index (χ1) is 12.1. The average molecular weight is 355 g/mol. The van der Waals surface area contributed by atoms with Gasteiger partial charge in [-0.3, -0.25) is 0 Å². The normalized spacial score (nSPS) is 24.6.